The van der Waals surface area contributed by atoms with Crippen molar-refractivity contribution in [3.05, 3.63) is 0 Å². The average molecular weight is 745 g/mol. The van der Waals surface area contributed by atoms with Crippen LogP contribution in [0.2, 0.25) is 0 Å². The van der Waals surface area contributed by atoms with Crippen LogP contribution in [0.5, 0.6) is 0 Å². The molecule has 47 heavy (non-hydrogen) atoms. The number of rotatable bonds is 22. The molecule has 1 heterocycles. The molecule has 1 saturated carbocycles. The minimum absolute atomic E-state index is 0.0216. The standard InChI is InChI=1S/C25H47O19P3/c1-3-5-7-9-11-13-18(26)37-15-17(39-19(27)14-12-10-8-6-4-2)16-38-46(33,34)42-22-20(28)23-25(43-47(35,36)44-40-23)24(21(22)29)41-45(30,31)32/h17,20-25,28-29H,3-16H2,1-2H3,(H,33,34)(H,35,36)(H2,30,31,32)/t17-,20+,21+,22-,23+,24-,25-/m1/s1. The molecule has 0 aromatic heterocycles. The molecule has 6 N–H and O–H groups in total. The quantitative estimate of drug-likeness (QED) is 0.0402. The molecule has 22 heteroatoms. The third kappa shape index (κ3) is 15.7. The fourth-order valence-electron chi connectivity index (χ4n) is 4.79. The topological polar surface area (TPSA) is 281 Å². The van der Waals surface area contributed by atoms with Crippen molar-refractivity contribution < 1.29 is 90.2 Å². The predicted molar refractivity (Wildman–Crippen MR) is 158 cm³/mol. The van der Waals surface area contributed by atoms with E-state index in [1.807, 2.05) is 6.92 Å². The molecule has 0 radical (unpaired) electrons. The second-order valence-electron chi connectivity index (χ2n) is 11.2. The van der Waals surface area contributed by atoms with Crippen molar-refractivity contribution in [2.24, 2.45) is 0 Å². The van der Waals surface area contributed by atoms with E-state index in [-0.39, 0.29) is 12.8 Å². The van der Waals surface area contributed by atoms with Crippen LogP contribution >= 0.6 is 23.5 Å². The minimum atomic E-state index is -5.45. The van der Waals surface area contributed by atoms with E-state index in [0.717, 1.165) is 51.4 Å². The van der Waals surface area contributed by atoms with Gasteiger partial charge in [0.2, 0.25) is 0 Å². The zero-order valence-electron chi connectivity index (χ0n) is 26.3. The zero-order valence-corrected chi connectivity index (χ0v) is 29.0. The van der Waals surface area contributed by atoms with Crippen LogP contribution in [-0.4, -0.2) is 97.7 Å². The lowest BCUT2D eigenvalue weighted by molar-refractivity contribution is -0.355. The van der Waals surface area contributed by atoms with E-state index in [1.54, 1.807) is 0 Å². The number of carbonyl (C=O) groups excluding carboxylic acids is 2. The highest BCUT2D eigenvalue weighted by Crippen LogP contribution is 2.55. The van der Waals surface area contributed by atoms with Gasteiger partial charge >= 0.3 is 35.4 Å². The number of phosphoric acid groups is 3. The van der Waals surface area contributed by atoms with Crippen LogP contribution in [0.25, 0.3) is 0 Å². The monoisotopic (exact) mass is 744 g/mol. The van der Waals surface area contributed by atoms with Crippen molar-refractivity contribution >= 4 is 35.4 Å². The highest BCUT2D eigenvalue weighted by Gasteiger charge is 2.60. The normalized spacial score (nSPS) is 29.8. The fraction of sp³-hybridized carbons (Fsp3) is 0.920. The number of hydrogen-bond acceptors (Lipinski definition) is 15. The molecule has 2 rings (SSSR count). The van der Waals surface area contributed by atoms with Gasteiger partial charge in [-0.2, -0.15) is 0 Å². The molecule has 0 spiro atoms. The Balaban J connectivity index is 2.08. The number of carbonyl (C=O) groups is 2. The first-order valence-electron chi connectivity index (χ1n) is 15.5. The molecule has 0 aromatic carbocycles. The summed E-state index contributed by atoms with van der Waals surface area (Å²) in [6, 6.07) is 0. The lowest BCUT2D eigenvalue weighted by Crippen LogP contribution is -2.66. The Kier molecular flexibility index (Phi) is 18.1. The summed E-state index contributed by atoms with van der Waals surface area (Å²) in [5.74, 6) is -1.27. The van der Waals surface area contributed by atoms with Crippen LogP contribution in [0.15, 0.2) is 0 Å². The van der Waals surface area contributed by atoms with Crippen LogP contribution in [0.3, 0.4) is 0 Å². The first-order valence-corrected chi connectivity index (χ1v) is 20.0. The third-order valence-electron chi connectivity index (χ3n) is 7.13. The number of unbranched alkanes of at least 4 members (excludes halogenated alkanes) is 8. The van der Waals surface area contributed by atoms with Gasteiger partial charge in [0.1, 0.15) is 37.1 Å². The Hall–Kier alpha value is -0.850. The molecule has 0 bridgehead atoms. The van der Waals surface area contributed by atoms with Gasteiger partial charge in [-0.1, -0.05) is 65.2 Å². The van der Waals surface area contributed by atoms with Crippen molar-refractivity contribution in [3.8, 4) is 0 Å². The van der Waals surface area contributed by atoms with Crippen LogP contribution in [0.1, 0.15) is 90.9 Å². The summed E-state index contributed by atoms with van der Waals surface area (Å²) in [5, 5.41) is 21.4. The molecule has 2 unspecified atom stereocenters. The summed E-state index contributed by atoms with van der Waals surface area (Å²) in [6.07, 6.45) is -5.67. The highest BCUT2D eigenvalue weighted by atomic mass is 31.2. The molecule has 0 amide bonds. The van der Waals surface area contributed by atoms with Crippen molar-refractivity contribution in [1.29, 1.82) is 0 Å². The number of aliphatic hydroxyl groups is 2. The summed E-state index contributed by atoms with van der Waals surface area (Å²) in [7, 11) is -15.8. The minimum Gasteiger partial charge on any atom is -0.462 e. The van der Waals surface area contributed by atoms with Crippen LogP contribution in [0.4, 0.5) is 0 Å². The van der Waals surface area contributed by atoms with Crippen LogP contribution in [0, 0.1) is 0 Å². The summed E-state index contributed by atoms with van der Waals surface area (Å²) in [4.78, 5) is 67.9. The second kappa shape index (κ2) is 20.1. The molecular formula is C25H47O19P3. The summed E-state index contributed by atoms with van der Waals surface area (Å²) in [5.41, 5.74) is 0. The zero-order chi connectivity index (χ0) is 35.3. The Morgan fingerprint density at radius 3 is 1.94 bits per heavy atom. The molecule has 1 saturated heterocycles. The first-order chi connectivity index (χ1) is 22.0. The molecule has 276 valence electrons. The molecule has 9 atom stereocenters. The van der Waals surface area contributed by atoms with Crippen LogP contribution in [-0.2, 0) is 60.4 Å². The Morgan fingerprint density at radius 1 is 0.787 bits per heavy atom. The first kappa shape index (κ1) is 42.3. The SMILES string of the molecule is CCCCCCCC(=O)OC[C@H](COP(=O)(O)O[C@H]1[C@H](O)[C@@H](OP(=O)(O)O)[C@@H]2OP(=O)(O)OO[C@H]2[C@H]1O)OC(=O)CCCCCCC. The highest BCUT2D eigenvalue weighted by molar-refractivity contribution is 7.47. The number of esters is 2. The molecule has 1 aliphatic carbocycles. The largest absolute Gasteiger partial charge is 0.499 e. The molecular weight excluding hydrogens is 697 g/mol. The van der Waals surface area contributed by atoms with Crippen LogP contribution < -0.4 is 0 Å². The number of aliphatic hydroxyl groups excluding tert-OH is 2. The lowest BCUT2D eigenvalue weighted by atomic mass is 9.85. The van der Waals surface area contributed by atoms with Gasteiger partial charge in [-0.05, 0) is 12.8 Å². The van der Waals surface area contributed by atoms with Crippen molar-refractivity contribution in [2.45, 2.75) is 134 Å². The second-order valence-corrected chi connectivity index (χ2v) is 15.1. The average Bonchev–Trinajstić information content (AvgIpc) is 2.97. The van der Waals surface area contributed by atoms with Crippen molar-refractivity contribution in [2.75, 3.05) is 13.2 Å². The molecule has 2 fully saturated rings. The fourth-order valence-corrected chi connectivity index (χ4v) is 7.12. The van der Waals surface area contributed by atoms with E-state index in [0.29, 0.717) is 12.8 Å². The summed E-state index contributed by atoms with van der Waals surface area (Å²) >= 11 is 0. The van der Waals surface area contributed by atoms with Gasteiger partial charge in [-0.3, -0.25) is 27.7 Å². The van der Waals surface area contributed by atoms with Gasteiger partial charge in [-0.15, -0.1) is 4.67 Å². The maximum absolute atomic E-state index is 12.9. The van der Waals surface area contributed by atoms with E-state index in [2.05, 4.69) is 25.5 Å². The predicted octanol–water partition coefficient (Wildman–Crippen LogP) is 2.69. The lowest BCUT2D eigenvalue weighted by Gasteiger charge is -2.47. The van der Waals surface area contributed by atoms with E-state index in [1.165, 1.54) is 0 Å². The van der Waals surface area contributed by atoms with Gasteiger partial charge < -0.3 is 39.3 Å². The Morgan fingerprint density at radius 2 is 1.36 bits per heavy atom. The third-order valence-corrected chi connectivity index (χ3v) is 9.42. The number of phosphoric ester groups is 3. The summed E-state index contributed by atoms with van der Waals surface area (Å²) in [6.45, 7) is 2.70. The molecule has 0 aromatic rings. The van der Waals surface area contributed by atoms with Crippen molar-refractivity contribution in [3.63, 3.8) is 0 Å². The Labute approximate surface area is 272 Å². The van der Waals surface area contributed by atoms with E-state index < -0.39 is 91.3 Å². The van der Waals surface area contributed by atoms with Crippen molar-refractivity contribution in [1.82, 2.24) is 0 Å². The number of ether oxygens (including phenoxy) is 2. The molecule has 2 aliphatic rings. The van der Waals surface area contributed by atoms with Gasteiger partial charge in [0.25, 0.3) is 0 Å². The van der Waals surface area contributed by atoms with Gasteiger partial charge in [0.05, 0.1) is 6.61 Å². The molecule has 1 aliphatic heterocycles. The van der Waals surface area contributed by atoms with E-state index in [9.17, 15) is 53.1 Å². The van der Waals surface area contributed by atoms with E-state index in [4.69, 9.17) is 18.5 Å². The smallest absolute Gasteiger partial charge is 0.462 e. The Bertz CT molecular complexity index is 1120. The molecule has 19 nitrogen and oxygen atoms in total. The van der Waals surface area contributed by atoms with Gasteiger partial charge in [0, 0.05) is 12.8 Å². The number of fused-ring (bicyclic) bond motifs is 1. The summed E-state index contributed by atoms with van der Waals surface area (Å²) < 4.78 is 69.9. The van der Waals surface area contributed by atoms with E-state index >= 15 is 0 Å². The van der Waals surface area contributed by atoms with Gasteiger partial charge in [-0.25, -0.2) is 18.6 Å². The maximum atomic E-state index is 12.9. The number of hydrogen-bond donors (Lipinski definition) is 6. The maximum Gasteiger partial charge on any atom is 0.499 e. The van der Waals surface area contributed by atoms with Gasteiger partial charge in [0.15, 0.2) is 12.2 Å².